The van der Waals surface area contributed by atoms with Crippen LogP contribution in [0.1, 0.15) is 5.56 Å². The lowest BCUT2D eigenvalue weighted by molar-refractivity contribution is -0.384. The third kappa shape index (κ3) is 3.96. The van der Waals surface area contributed by atoms with Gasteiger partial charge in [0, 0.05) is 12.1 Å². The molecule has 86 valence electrons. The van der Waals surface area contributed by atoms with Crippen LogP contribution in [0, 0.1) is 10.1 Å². The fraction of sp³-hybridized carbons (Fsp3) is 0.300. The van der Waals surface area contributed by atoms with E-state index in [4.69, 9.17) is 16.3 Å². The third-order valence-corrected chi connectivity index (χ3v) is 2.13. The van der Waals surface area contributed by atoms with Crippen LogP contribution in [0.5, 0.6) is 0 Å². The molecule has 0 saturated carbocycles. The summed E-state index contributed by atoms with van der Waals surface area (Å²) in [6.45, 7) is 0.196. The van der Waals surface area contributed by atoms with Crippen LogP contribution < -0.4 is 0 Å². The summed E-state index contributed by atoms with van der Waals surface area (Å²) in [6.07, 6.45) is 0. The first-order chi connectivity index (χ1) is 7.63. The molecule has 0 aromatic heterocycles. The third-order valence-electron chi connectivity index (χ3n) is 1.83. The second-order valence-electron chi connectivity index (χ2n) is 3.09. The fourth-order valence-corrected chi connectivity index (χ4v) is 1.11. The molecule has 0 spiro atoms. The van der Waals surface area contributed by atoms with Gasteiger partial charge in [-0.05, 0) is 17.7 Å². The van der Waals surface area contributed by atoms with Gasteiger partial charge < -0.3 is 4.74 Å². The van der Waals surface area contributed by atoms with Crippen molar-refractivity contribution in [2.75, 3.05) is 12.5 Å². The summed E-state index contributed by atoms with van der Waals surface area (Å²) >= 11 is 5.28. The standard InChI is InChI=1S/C10H10ClNO4/c11-5-10(13)7-16-6-8-1-3-9(4-2-8)12(14)15/h1-4H,5-7H2. The van der Waals surface area contributed by atoms with Crippen LogP contribution in [0.25, 0.3) is 0 Å². The number of ketones is 1. The molecule has 0 N–H and O–H groups in total. The van der Waals surface area contributed by atoms with Crippen LogP contribution in [0.4, 0.5) is 5.69 Å². The molecular weight excluding hydrogens is 234 g/mol. The molecule has 0 aliphatic carbocycles. The minimum absolute atomic E-state index is 0.0283. The SMILES string of the molecule is O=C(CCl)COCc1ccc([N+](=O)[O-])cc1. The average Bonchev–Trinajstić information content (AvgIpc) is 2.29. The number of Topliss-reactive ketones (excluding diaryl/α,β-unsaturated/α-hetero) is 1. The molecule has 0 aliphatic heterocycles. The van der Waals surface area contributed by atoms with E-state index in [9.17, 15) is 14.9 Å². The zero-order valence-corrected chi connectivity index (χ0v) is 9.14. The summed E-state index contributed by atoms with van der Waals surface area (Å²) in [6, 6.07) is 5.96. The minimum Gasteiger partial charge on any atom is -0.369 e. The summed E-state index contributed by atoms with van der Waals surface area (Å²) in [5.74, 6) is -0.260. The smallest absolute Gasteiger partial charge is 0.269 e. The molecule has 0 saturated heterocycles. The lowest BCUT2D eigenvalue weighted by Crippen LogP contribution is -2.09. The summed E-state index contributed by atoms with van der Waals surface area (Å²) in [7, 11) is 0. The molecular formula is C10H10ClNO4. The van der Waals surface area contributed by atoms with Gasteiger partial charge in [-0.3, -0.25) is 14.9 Å². The molecule has 0 heterocycles. The monoisotopic (exact) mass is 243 g/mol. The summed E-state index contributed by atoms with van der Waals surface area (Å²) in [5.41, 5.74) is 0.800. The zero-order valence-electron chi connectivity index (χ0n) is 8.39. The van der Waals surface area contributed by atoms with Gasteiger partial charge in [0.15, 0.2) is 5.78 Å². The Balaban J connectivity index is 2.43. The number of non-ortho nitro benzene ring substituents is 1. The van der Waals surface area contributed by atoms with Crippen molar-refractivity contribution in [1.29, 1.82) is 0 Å². The molecule has 1 aromatic rings. The Morgan fingerprint density at radius 3 is 2.50 bits per heavy atom. The molecule has 0 radical (unpaired) electrons. The van der Waals surface area contributed by atoms with E-state index in [1.54, 1.807) is 12.1 Å². The van der Waals surface area contributed by atoms with E-state index >= 15 is 0 Å². The quantitative estimate of drug-likeness (QED) is 0.435. The Morgan fingerprint density at radius 1 is 1.38 bits per heavy atom. The number of halogens is 1. The van der Waals surface area contributed by atoms with E-state index in [0.29, 0.717) is 0 Å². The second kappa shape index (κ2) is 6.19. The lowest BCUT2D eigenvalue weighted by atomic mass is 10.2. The van der Waals surface area contributed by atoms with Gasteiger partial charge in [-0.2, -0.15) is 0 Å². The van der Waals surface area contributed by atoms with Crippen molar-refractivity contribution in [3.8, 4) is 0 Å². The van der Waals surface area contributed by atoms with Gasteiger partial charge in [0.25, 0.3) is 5.69 Å². The van der Waals surface area contributed by atoms with Crippen LogP contribution in [0.3, 0.4) is 0 Å². The molecule has 0 atom stereocenters. The van der Waals surface area contributed by atoms with Crippen molar-refractivity contribution in [3.63, 3.8) is 0 Å². The second-order valence-corrected chi connectivity index (χ2v) is 3.36. The van der Waals surface area contributed by atoms with E-state index in [1.165, 1.54) is 12.1 Å². The molecule has 0 bridgehead atoms. The molecule has 0 unspecified atom stereocenters. The number of hydrogen-bond acceptors (Lipinski definition) is 4. The summed E-state index contributed by atoms with van der Waals surface area (Å²) < 4.78 is 5.07. The Morgan fingerprint density at radius 2 is 2.00 bits per heavy atom. The van der Waals surface area contributed by atoms with Crippen LogP contribution in [-0.4, -0.2) is 23.2 Å². The van der Waals surface area contributed by atoms with Gasteiger partial charge >= 0.3 is 0 Å². The highest BCUT2D eigenvalue weighted by molar-refractivity contribution is 6.27. The maximum absolute atomic E-state index is 10.8. The van der Waals surface area contributed by atoms with Crippen molar-refractivity contribution in [2.24, 2.45) is 0 Å². The number of hydrogen-bond donors (Lipinski definition) is 0. The molecule has 0 fully saturated rings. The first kappa shape index (κ1) is 12.6. The molecule has 1 rings (SSSR count). The van der Waals surface area contributed by atoms with Crippen LogP contribution in [-0.2, 0) is 16.1 Å². The van der Waals surface area contributed by atoms with Gasteiger partial charge in [-0.15, -0.1) is 11.6 Å². The first-order valence-electron chi connectivity index (χ1n) is 4.52. The van der Waals surface area contributed by atoms with Gasteiger partial charge in [0.2, 0.25) is 0 Å². The van der Waals surface area contributed by atoms with Crippen LogP contribution in [0.2, 0.25) is 0 Å². The predicted octanol–water partition coefficient (Wildman–Crippen LogP) is 1.92. The van der Waals surface area contributed by atoms with Crippen LogP contribution in [0.15, 0.2) is 24.3 Å². The molecule has 0 amide bonds. The highest BCUT2D eigenvalue weighted by Gasteiger charge is 2.04. The van der Waals surface area contributed by atoms with Crippen molar-refractivity contribution in [1.82, 2.24) is 0 Å². The topological polar surface area (TPSA) is 69.4 Å². The zero-order chi connectivity index (χ0) is 12.0. The van der Waals surface area contributed by atoms with Crippen molar-refractivity contribution in [2.45, 2.75) is 6.61 Å². The van der Waals surface area contributed by atoms with Gasteiger partial charge in [-0.25, -0.2) is 0 Å². The van der Waals surface area contributed by atoms with Crippen molar-refractivity contribution in [3.05, 3.63) is 39.9 Å². The number of carbonyl (C=O) groups excluding carboxylic acids is 1. The predicted molar refractivity (Wildman–Crippen MR) is 58.5 cm³/mol. The lowest BCUT2D eigenvalue weighted by Gasteiger charge is -2.02. The molecule has 1 aromatic carbocycles. The molecule has 16 heavy (non-hydrogen) atoms. The number of nitrogens with zero attached hydrogens (tertiary/aromatic N) is 1. The van der Waals surface area contributed by atoms with Crippen molar-refractivity contribution < 1.29 is 14.5 Å². The Kier molecular flexibility index (Phi) is 4.88. The van der Waals surface area contributed by atoms with E-state index in [-0.39, 0.29) is 30.6 Å². The largest absolute Gasteiger partial charge is 0.369 e. The van der Waals surface area contributed by atoms with Crippen molar-refractivity contribution >= 4 is 23.1 Å². The first-order valence-corrected chi connectivity index (χ1v) is 5.05. The number of carbonyl (C=O) groups is 1. The summed E-state index contributed by atoms with van der Waals surface area (Å²) in [5, 5.41) is 10.4. The number of rotatable bonds is 6. The molecule has 5 nitrogen and oxygen atoms in total. The number of nitro benzene ring substituents is 1. The molecule has 6 heteroatoms. The normalized spacial score (nSPS) is 10.1. The maximum atomic E-state index is 10.8. The van der Waals surface area contributed by atoms with Gasteiger partial charge in [0.1, 0.15) is 6.61 Å². The van der Waals surface area contributed by atoms with Gasteiger partial charge in [0.05, 0.1) is 17.4 Å². The highest BCUT2D eigenvalue weighted by atomic mass is 35.5. The fourth-order valence-electron chi connectivity index (χ4n) is 1.04. The van der Waals surface area contributed by atoms with E-state index < -0.39 is 4.92 Å². The number of nitro groups is 1. The van der Waals surface area contributed by atoms with E-state index in [1.807, 2.05) is 0 Å². The Hall–Kier alpha value is -1.46. The maximum Gasteiger partial charge on any atom is 0.269 e. The van der Waals surface area contributed by atoms with E-state index in [0.717, 1.165) is 5.56 Å². The average molecular weight is 244 g/mol. The number of ether oxygens (including phenoxy) is 1. The summed E-state index contributed by atoms with van der Waals surface area (Å²) in [4.78, 5) is 20.7. The Bertz CT molecular complexity index is 377. The molecule has 0 aliphatic rings. The number of alkyl halides is 1. The highest BCUT2D eigenvalue weighted by Crippen LogP contribution is 2.12. The number of benzene rings is 1. The minimum atomic E-state index is -0.471. The van der Waals surface area contributed by atoms with E-state index in [2.05, 4.69) is 0 Å². The Labute approximate surface area is 97.1 Å². The van der Waals surface area contributed by atoms with Crippen LogP contribution >= 0.6 is 11.6 Å². The van der Waals surface area contributed by atoms with Gasteiger partial charge in [-0.1, -0.05) is 0 Å².